The maximum atomic E-state index is 8.81. The van der Waals surface area contributed by atoms with Gasteiger partial charge in [-0.2, -0.15) is 5.10 Å². The largest absolute Gasteiger partial charge is 0.304 e. The van der Waals surface area contributed by atoms with Gasteiger partial charge in [0, 0.05) is 18.6 Å². The van der Waals surface area contributed by atoms with Crippen molar-refractivity contribution in [3.8, 4) is 0 Å². The smallest absolute Gasteiger partial charge is 0.157 e. The van der Waals surface area contributed by atoms with Gasteiger partial charge in [-0.15, -0.1) is 0 Å². The quantitative estimate of drug-likeness (QED) is 0.567. The fourth-order valence-electron chi connectivity index (χ4n) is 0.984. The monoisotopic (exact) mass is 177 g/mol. The molecule has 13 heavy (non-hydrogen) atoms. The van der Waals surface area contributed by atoms with E-state index in [9.17, 15) is 0 Å². The minimum atomic E-state index is 0.750. The lowest BCUT2D eigenvalue weighted by molar-refractivity contribution is -0.106. The number of pyridine rings is 1. The first-order valence-corrected chi connectivity index (χ1v) is 3.92. The van der Waals surface area contributed by atoms with Gasteiger partial charge in [0.25, 0.3) is 0 Å². The zero-order chi connectivity index (χ0) is 9.68. The van der Waals surface area contributed by atoms with Crippen LogP contribution in [0, 0.1) is 0 Å². The maximum Gasteiger partial charge on any atom is 0.157 e. The summed E-state index contributed by atoms with van der Waals surface area (Å²) in [4.78, 5) is 12.9. The normalized spacial score (nSPS) is 9.08. The first kappa shape index (κ1) is 9.38. The molecular weight excluding hydrogens is 166 g/mol. The predicted molar refractivity (Wildman–Crippen MR) is 50.2 cm³/mol. The lowest BCUT2D eigenvalue weighted by atomic mass is 10.4. The molecule has 0 radical (unpaired) electrons. The Kier molecular flexibility index (Phi) is 3.14. The van der Waals surface area contributed by atoms with Crippen molar-refractivity contribution in [1.82, 2.24) is 14.8 Å². The van der Waals surface area contributed by atoms with Crippen molar-refractivity contribution in [3.63, 3.8) is 0 Å². The Hall–Kier alpha value is -1.71. The number of aldehydes is 1. The van der Waals surface area contributed by atoms with Crippen LogP contribution in [0.4, 0.5) is 0 Å². The lowest BCUT2D eigenvalue weighted by Crippen LogP contribution is -1.89. The van der Waals surface area contributed by atoms with E-state index in [2.05, 4.69) is 10.1 Å². The van der Waals surface area contributed by atoms with Crippen molar-refractivity contribution in [2.45, 2.75) is 6.92 Å². The molecule has 0 aromatic carbocycles. The molecule has 2 heterocycles. The zero-order valence-electron chi connectivity index (χ0n) is 7.64. The Morgan fingerprint density at radius 2 is 2.23 bits per heavy atom. The van der Waals surface area contributed by atoms with Gasteiger partial charge in [-0.1, -0.05) is 0 Å². The second-order valence-corrected chi connectivity index (χ2v) is 2.42. The van der Waals surface area contributed by atoms with Crippen LogP contribution in [0.1, 0.15) is 6.92 Å². The molecule has 0 aliphatic rings. The van der Waals surface area contributed by atoms with Gasteiger partial charge in [0.1, 0.15) is 6.29 Å². The molecule has 4 nitrogen and oxygen atoms in total. The third-order valence-corrected chi connectivity index (χ3v) is 1.49. The Morgan fingerprint density at radius 1 is 1.54 bits per heavy atom. The Balaban J connectivity index is 0.000000251. The molecule has 2 rings (SSSR count). The summed E-state index contributed by atoms with van der Waals surface area (Å²) in [6, 6.07) is 3.90. The van der Waals surface area contributed by atoms with Crippen LogP contribution < -0.4 is 0 Å². The summed E-state index contributed by atoms with van der Waals surface area (Å²) in [6.07, 6.45) is 4.33. The summed E-state index contributed by atoms with van der Waals surface area (Å²) in [5.74, 6) is 0. The van der Waals surface area contributed by atoms with Gasteiger partial charge in [-0.05, 0) is 19.1 Å². The van der Waals surface area contributed by atoms with E-state index < -0.39 is 0 Å². The summed E-state index contributed by atoms with van der Waals surface area (Å²) in [7, 11) is 1.88. The molecule has 0 bridgehead atoms. The molecule has 0 N–H and O–H groups in total. The van der Waals surface area contributed by atoms with E-state index in [-0.39, 0.29) is 0 Å². The lowest BCUT2D eigenvalue weighted by Gasteiger charge is -1.88. The fourth-order valence-corrected chi connectivity index (χ4v) is 0.984. The zero-order valence-corrected chi connectivity index (χ0v) is 7.64. The molecule has 2 aromatic heterocycles. The average Bonchev–Trinajstić information content (AvgIpc) is 2.50. The molecule has 2 aromatic rings. The van der Waals surface area contributed by atoms with E-state index in [4.69, 9.17) is 4.79 Å². The second-order valence-electron chi connectivity index (χ2n) is 2.42. The number of hydrogen-bond donors (Lipinski definition) is 0. The van der Waals surface area contributed by atoms with Crippen LogP contribution in [0.2, 0.25) is 0 Å². The molecule has 0 saturated carbocycles. The average molecular weight is 177 g/mol. The number of rotatable bonds is 0. The van der Waals surface area contributed by atoms with Crippen molar-refractivity contribution in [1.29, 1.82) is 0 Å². The molecule has 4 heteroatoms. The van der Waals surface area contributed by atoms with E-state index in [0.29, 0.717) is 0 Å². The Bertz CT molecular complexity index is 394. The third-order valence-electron chi connectivity index (χ3n) is 1.49. The van der Waals surface area contributed by atoms with Crippen LogP contribution in [0.15, 0.2) is 24.5 Å². The maximum absolute atomic E-state index is 8.81. The second kappa shape index (κ2) is 4.35. The van der Waals surface area contributed by atoms with Crippen LogP contribution in [-0.4, -0.2) is 21.1 Å². The number of hydrogen-bond acceptors (Lipinski definition) is 3. The Morgan fingerprint density at radius 3 is 2.85 bits per heavy atom. The van der Waals surface area contributed by atoms with Gasteiger partial charge in [0.2, 0.25) is 0 Å². The van der Waals surface area contributed by atoms with E-state index in [1.165, 1.54) is 6.92 Å². The van der Waals surface area contributed by atoms with Crippen molar-refractivity contribution in [2.24, 2.45) is 7.05 Å². The summed E-state index contributed by atoms with van der Waals surface area (Å²) >= 11 is 0. The minimum absolute atomic E-state index is 0.750. The van der Waals surface area contributed by atoms with E-state index >= 15 is 0 Å². The Labute approximate surface area is 76.2 Å². The van der Waals surface area contributed by atoms with E-state index in [1.807, 2.05) is 25.4 Å². The summed E-state index contributed by atoms with van der Waals surface area (Å²) in [6.45, 7) is 1.44. The van der Waals surface area contributed by atoms with Crippen LogP contribution >= 0.6 is 0 Å². The summed E-state index contributed by atoms with van der Waals surface area (Å²) < 4.78 is 1.76. The highest BCUT2D eigenvalue weighted by Crippen LogP contribution is 2.06. The van der Waals surface area contributed by atoms with Gasteiger partial charge >= 0.3 is 0 Å². The topological polar surface area (TPSA) is 47.8 Å². The number of carbonyl (C=O) groups is 1. The first-order chi connectivity index (χ1) is 6.29. The number of carbonyl (C=O) groups excluding carboxylic acids is 1. The van der Waals surface area contributed by atoms with Gasteiger partial charge in [-0.25, -0.2) is 4.98 Å². The molecule has 0 aliphatic heterocycles. The number of aryl methyl sites for hydroxylation is 1. The van der Waals surface area contributed by atoms with Gasteiger partial charge in [0.15, 0.2) is 5.65 Å². The van der Waals surface area contributed by atoms with Crippen LogP contribution in [0.25, 0.3) is 11.0 Å². The van der Waals surface area contributed by atoms with Crippen LogP contribution in [-0.2, 0) is 11.8 Å². The highest BCUT2D eigenvalue weighted by Gasteiger charge is 1.95. The summed E-state index contributed by atoms with van der Waals surface area (Å²) in [5, 5.41) is 5.14. The molecule has 0 saturated heterocycles. The molecule has 0 aliphatic carbocycles. The van der Waals surface area contributed by atoms with Crippen molar-refractivity contribution in [3.05, 3.63) is 24.5 Å². The third kappa shape index (κ3) is 2.11. The van der Waals surface area contributed by atoms with Gasteiger partial charge in [-0.3, -0.25) is 4.68 Å². The number of fused-ring (bicyclic) bond motifs is 1. The predicted octanol–water partition coefficient (Wildman–Crippen LogP) is 1.17. The molecule has 68 valence electrons. The highest BCUT2D eigenvalue weighted by atomic mass is 16.1. The molecule has 0 fully saturated rings. The minimum Gasteiger partial charge on any atom is -0.304 e. The fraction of sp³-hybridized carbons (Fsp3) is 0.222. The number of aromatic nitrogens is 3. The van der Waals surface area contributed by atoms with E-state index in [1.54, 1.807) is 10.9 Å². The van der Waals surface area contributed by atoms with Gasteiger partial charge < -0.3 is 4.79 Å². The van der Waals surface area contributed by atoms with Crippen molar-refractivity contribution in [2.75, 3.05) is 0 Å². The standard InChI is InChI=1S/C7H7N3.C2H4O/c1-10-7-6(5-9-10)3-2-4-8-7;1-2-3/h2-5H,1H3;2H,1H3. The molecular formula is C9H11N3O. The first-order valence-electron chi connectivity index (χ1n) is 3.92. The van der Waals surface area contributed by atoms with Crippen molar-refractivity contribution < 1.29 is 4.79 Å². The highest BCUT2D eigenvalue weighted by molar-refractivity contribution is 5.73. The van der Waals surface area contributed by atoms with Crippen molar-refractivity contribution >= 4 is 17.3 Å². The van der Waals surface area contributed by atoms with E-state index in [0.717, 1.165) is 17.3 Å². The molecule has 0 unspecified atom stereocenters. The van der Waals surface area contributed by atoms with Gasteiger partial charge in [0.05, 0.1) is 6.20 Å². The molecule has 0 spiro atoms. The number of nitrogens with zero attached hydrogens (tertiary/aromatic N) is 3. The molecule has 0 amide bonds. The van der Waals surface area contributed by atoms with Crippen LogP contribution in [0.3, 0.4) is 0 Å². The SMILES string of the molecule is CC=O.Cn1ncc2cccnc21. The summed E-state index contributed by atoms with van der Waals surface area (Å²) in [5.41, 5.74) is 0.933. The van der Waals surface area contributed by atoms with Crippen LogP contribution in [0.5, 0.6) is 0 Å². The molecule has 0 atom stereocenters.